The molecule has 0 aliphatic heterocycles. The molecule has 2 aromatic carbocycles. The first-order valence-electron chi connectivity index (χ1n) is 17.3. The summed E-state index contributed by atoms with van der Waals surface area (Å²) in [6, 6.07) is 9.24. The Kier molecular flexibility index (Phi) is 14.9. The van der Waals surface area contributed by atoms with E-state index in [4.69, 9.17) is 28.1 Å². The number of aromatic nitrogens is 2. The first kappa shape index (κ1) is 38.7. The normalized spacial score (nSPS) is 15.8. The minimum atomic E-state index is -0.973. The maximum absolute atomic E-state index is 13.5. The summed E-state index contributed by atoms with van der Waals surface area (Å²) >= 11 is -0.858. The monoisotopic (exact) mass is 881 g/mol. The molecule has 0 atom stereocenters. The molecule has 0 amide bonds. The van der Waals surface area contributed by atoms with E-state index >= 15 is 0 Å². The number of carbonyl (C=O) groups is 1. The molecule has 10 nitrogen and oxygen atoms in total. The number of carbonyl (C=O) groups excluding carboxylic acids is 1. The zero-order chi connectivity index (χ0) is 35.5. The maximum atomic E-state index is 13.5. The van der Waals surface area contributed by atoms with Crippen LogP contribution in [0.25, 0.3) is 5.69 Å². The van der Waals surface area contributed by atoms with E-state index in [9.17, 15) is 14.9 Å². The Labute approximate surface area is 302 Å². The van der Waals surface area contributed by atoms with Crippen molar-refractivity contribution < 1.29 is 46.9 Å². The molecule has 0 bridgehead atoms. The van der Waals surface area contributed by atoms with Crippen molar-refractivity contribution in [2.24, 2.45) is 0 Å². The Morgan fingerprint density at radius 2 is 1.45 bits per heavy atom. The van der Waals surface area contributed by atoms with E-state index in [1.54, 1.807) is 0 Å². The topological polar surface area (TPSA) is 107 Å². The number of halogens is 1. The Morgan fingerprint density at radius 3 is 1.94 bits per heavy atom. The van der Waals surface area contributed by atoms with Gasteiger partial charge in [-0.1, -0.05) is 0 Å². The molecule has 1 heterocycles. The van der Waals surface area contributed by atoms with Crippen molar-refractivity contribution in [3.8, 4) is 23.1 Å². The number of nitro groups is 1. The van der Waals surface area contributed by atoms with Gasteiger partial charge in [-0.15, -0.1) is 0 Å². The van der Waals surface area contributed by atoms with E-state index in [1.807, 2.05) is 10.8 Å². The molecule has 1 saturated carbocycles. The van der Waals surface area contributed by atoms with Gasteiger partial charge in [0.2, 0.25) is 0 Å². The fourth-order valence-electron chi connectivity index (χ4n) is 6.62. The van der Waals surface area contributed by atoms with Gasteiger partial charge in [0.1, 0.15) is 0 Å². The summed E-state index contributed by atoms with van der Waals surface area (Å²) in [6.45, 7) is 8.24. The first-order chi connectivity index (χ1) is 23.6. The number of rotatable bonds is 10. The van der Waals surface area contributed by atoms with Gasteiger partial charge in [0, 0.05) is 0 Å². The van der Waals surface area contributed by atoms with Crippen LogP contribution in [0.15, 0.2) is 36.5 Å². The van der Waals surface area contributed by atoms with Crippen LogP contribution in [0.4, 0.5) is 10.5 Å². The van der Waals surface area contributed by atoms with Crippen molar-refractivity contribution in [3.05, 3.63) is 67.0 Å². The third kappa shape index (κ3) is 9.81. The molecule has 0 spiro atoms. The van der Waals surface area contributed by atoms with Crippen LogP contribution < -0.4 is 14.2 Å². The molecule has 49 heavy (non-hydrogen) atoms. The third-order valence-corrected chi connectivity index (χ3v) is 11.5. The Balaban J connectivity index is 1.79. The van der Waals surface area contributed by atoms with Crippen molar-refractivity contribution >= 4 is 21.0 Å². The summed E-state index contributed by atoms with van der Waals surface area (Å²) in [5.41, 5.74) is 3.12. The van der Waals surface area contributed by atoms with E-state index in [-0.39, 0.29) is 40.6 Å². The van der Waals surface area contributed by atoms with Crippen LogP contribution in [-0.2, 0) is 29.6 Å². The molecule has 12 heteroatoms. The Morgan fingerprint density at radius 1 is 0.918 bits per heavy atom. The molecule has 1 aliphatic carbocycles. The summed E-state index contributed by atoms with van der Waals surface area (Å²) in [7, 11) is 9.78. The van der Waals surface area contributed by atoms with E-state index in [1.165, 1.54) is 71.3 Å². The molecule has 1 fully saturated rings. The van der Waals surface area contributed by atoms with Gasteiger partial charge in [-0.2, -0.15) is 0 Å². The SMILES string of the molecule is COc1cc(COC(=O)Oc2cn(C3CCCCCCCCCCC3)[c](=[Au+][Cl])n2-c2c(C(C)C)cccc2C(C)C)c([N+](=O)[O-])cc1OC. The average Bonchev–Trinajstić information content (AvgIpc) is 3.43. The van der Waals surface area contributed by atoms with Gasteiger partial charge >= 0.3 is 297 Å². The molecule has 0 saturated heterocycles. The minimum Gasteiger partial charge on any atom is 0.0777 e. The molecule has 1 aromatic heterocycles. The molecular formula is C37H51AuClN3O7+. The van der Waals surface area contributed by atoms with Crippen LogP contribution >= 0.6 is 9.19 Å². The molecule has 0 radical (unpaired) electrons. The number of hydrogen-bond acceptors (Lipinski definition) is 7. The van der Waals surface area contributed by atoms with E-state index in [2.05, 4.69) is 50.5 Å². The van der Waals surface area contributed by atoms with Gasteiger partial charge in [-0.3, -0.25) is 0 Å². The van der Waals surface area contributed by atoms with Crippen LogP contribution in [0, 0.1) is 13.7 Å². The number of para-hydroxylation sites is 1. The summed E-state index contributed by atoms with van der Waals surface area (Å²) in [5.74, 6) is 1.19. The number of hydrogen-bond donors (Lipinski definition) is 0. The standard InChI is InChI=1S/C37H51N3O7.Au.ClH/c1-26(2)30-19-16-20-31(27(3)4)36(30)39-25-38(29-17-14-12-10-8-7-9-11-13-15-18-29)23-35(39)47-37(41)46-24-28-21-33(44-5)34(45-6)22-32(28)40(42)43;;/h16,19-23,26-27,29H,7-15,17-18,24H2,1-6H3;;1H/q;+2;/p-1. The van der Waals surface area contributed by atoms with E-state index in [0.717, 1.165) is 46.1 Å². The van der Waals surface area contributed by atoms with Crippen LogP contribution in [0.2, 0.25) is 0 Å². The Bertz CT molecular complexity index is 1610. The second-order valence-electron chi connectivity index (χ2n) is 13.2. The van der Waals surface area contributed by atoms with Crippen LogP contribution in [0.1, 0.15) is 133 Å². The van der Waals surface area contributed by atoms with Gasteiger partial charge in [-0.05, 0) is 0 Å². The number of imidazole rings is 1. The molecule has 0 unspecified atom stereocenters. The third-order valence-electron chi connectivity index (χ3n) is 9.23. The van der Waals surface area contributed by atoms with Crippen molar-refractivity contribution in [3.63, 3.8) is 0 Å². The van der Waals surface area contributed by atoms with Gasteiger partial charge in [-0.25, -0.2) is 0 Å². The summed E-state index contributed by atoms with van der Waals surface area (Å²) < 4.78 is 27.4. The van der Waals surface area contributed by atoms with Gasteiger partial charge in [0.25, 0.3) is 0 Å². The van der Waals surface area contributed by atoms with Gasteiger partial charge in [0.15, 0.2) is 0 Å². The fourth-order valence-corrected chi connectivity index (χ4v) is 8.93. The van der Waals surface area contributed by atoms with Crippen LogP contribution in [0.3, 0.4) is 0 Å². The molecule has 4 rings (SSSR count). The Hall–Kier alpha value is -3.05. The van der Waals surface area contributed by atoms with Crippen LogP contribution in [-0.4, -0.2) is 34.4 Å². The van der Waals surface area contributed by atoms with Gasteiger partial charge in [0.05, 0.1) is 7.11 Å². The minimum absolute atomic E-state index is 0.150. The molecule has 3 aromatic rings. The predicted molar refractivity (Wildman–Crippen MR) is 188 cm³/mol. The van der Waals surface area contributed by atoms with Crippen molar-refractivity contribution in [1.82, 2.24) is 9.13 Å². The molecule has 273 valence electrons. The summed E-state index contributed by atoms with van der Waals surface area (Å²) in [6.07, 6.45) is 14.1. The molecule has 0 N–H and O–H groups in total. The first-order valence-corrected chi connectivity index (χ1v) is 21.1. The number of nitrogens with zero attached hydrogens (tertiary/aromatic N) is 3. The second kappa shape index (κ2) is 18.8. The van der Waals surface area contributed by atoms with Crippen molar-refractivity contribution in [2.75, 3.05) is 14.2 Å². The predicted octanol–water partition coefficient (Wildman–Crippen LogP) is 10.8. The smallest absolute Gasteiger partial charge is 0.0777 e. The van der Waals surface area contributed by atoms with Gasteiger partial charge < -0.3 is 0 Å². The van der Waals surface area contributed by atoms with E-state index in [0.29, 0.717) is 5.88 Å². The molecular weight excluding hydrogens is 831 g/mol. The van der Waals surface area contributed by atoms with E-state index < -0.39 is 35.9 Å². The number of methoxy groups -OCH3 is 2. The average molecular weight is 882 g/mol. The quantitative estimate of drug-likeness (QED) is 0.0864. The summed E-state index contributed by atoms with van der Waals surface area (Å²) in [5, 5.41) is 11.9. The number of benzene rings is 2. The van der Waals surface area contributed by atoms with Crippen molar-refractivity contribution in [1.29, 1.82) is 0 Å². The number of ether oxygens (including phenoxy) is 4. The second-order valence-corrected chi connectivity index (χ2v) is 15.6. The zero-order valence-corrected chi connectivity index (χ0v) is 32.5. The van der Waals surface area contributed by atoms with Crippen LogP contribution in [0.5, 0.6) is 17.4 Å². The number of nitro benzene ring substituents is 1. The fraction of sp³-hybridized carbons (Fsp3) is 0.568. The summed E-state index contributed by atoms with van der Waals surface area (Å²) in [4.78, 5) is 24.8. The van der Waals surface area contributed by atoms with Crippen molar-refractivity contribution in [2.45, 2.75) is 123 Å². The molecule has 1 aliphatic rings. The zero-order valence-electron chi connectivity index (χ0n) is 29.6.